The molecule has 128 valence electrons. The maximum atomic E-state index is 12.3. The fourth-order valence-electron chi connectivity index (χ4n) is 2.24. The molecule has 0 saturated carbocycles. The molecule has 1 aliphatic heterocycles. The summed E-state index contributed by atoms with van der Waals surface area (Å²) in [6.45, 7) is 5.49. The number of nitrogens with zero attached hydrogens (tertiary/aromatic N) is 2. The van der Waals surface area contributed by atoms with Crippen molar-refractivity contribution in [3.8, 4) is 0 Å². The summed E-state index contributed by atoms with van der Waals surface area (Å²) in [7, 11) is -2.21. The molecule has 1 aromatic rings. The Labute approximate surface area is 136 Å². The minimum absolute atomic E-state index is 0.0444. The van der Waals surface area contributed by atoms with Gasteiger partial charge in [0.15, 0.2) is 0 Å². The van der Waals surface area contributed by atoms with E-state index in [9.17, 15) is 13.2 Å². The Hall–Kier alpha value is -1.71. The molecule has 9 heteroatoms. The van der Waals surface area contributed by atoms with Crippen molar-refractivity contribution in [2.45, 2.75) is 30.8 Å². The second-order valence-electron chi connectivity index (χ2n) is 5.59. The van der Waals surface area contributed by atoms with Crippen LogP contribution in [0, 0.1) is 0 Å². The molecule has 1 saturated heterocycles. The molecule has 1 aliphatic rings. The van der Waals surface area contributed by atoms with Crippen LogP contribution in [0.25, 0.3) is 0 Å². The zero-order chi connectivity index (χ0) is 17.1. The van der Waals surface area contributed by atoms with Crippen molar-refractivity contribution < 1.29 is 17.9 Å². The van der Waals surface area contributed by atoms with Gasteiger partial charge >= 0.3 is 6.03 Å². The Morgan fingerprint density at radius 1 is 1.48 bits per heavy atom. The Bertz CT molecular complexity index is 662. The van der Waals surface area contributed by atoms with Gasteiger partial charge in [-0.05, 0) is 32.5 Å². The fraction of sp³-hybridized carbons (Fsp3) is 0.571. The highest BCUT2D eigenvalue weighted by Gasteiger charge is 2.32. The monoisotopic (exact) mass is 342 g/mol. The van der Waals surface area contributed by atoms with Crippen molar-refractivity contribution in [2.24, 2.45) is 0 Å². The lowest BCUT2D eigenvalue weighted by atomic mass is 10.0. The number of nitrogens with one attached hydrogen (secondary N) is 2. The van der Waals surface area contributed by atoms with Crippen molar-refractivity contribution in [1.82, 2.24) is 14.6 Å². The average Bonchev–Trinajstić information content (AvgIpc) is 2.55. The summed E-state index contributed by atoms with van der Waals surface area (Å²) in [5.74, 6) is 0.301. The summed E-state index contributed by atoms with van der Waals surface area (Å²) in [6.07, 6.45) is 2.02. The Morgan fingerprint density at radius 3 is 2.78 bits per heavy atom. The molecule has 1 unspecified atom stereocenters. The molecule has 2 heterocycles. The smallest absolute Gasteiger partial charge is 0.323 e. The first-order chi connectivity index (χ1) is 10.8. The molecule has 23 heavy (non-hydrogen) atoms. The summed E-state index contributed by atoms with van der Waals surface area (Å²) in [4.78, 5) is 18.0. The molecule has 0 radical (unpaired) electrons. The number of pyridine rings is 1. The summed E-state index contributed by atoms with van der Waals surface area (Å²) in [6, 6.07) is 2.58. The van der Waals surface area contributed by atoms with Gasteiger partial charge in [0.2, 0.25) is 10.0 Å². The van der Waals surface area contributed by atoms with E-state index in [2.05, 4.69) is 15.0 Å². The largest absolute Gasteiger partial charge is 0.372 e. The number of ether oxygens (including phenoxy) is 1. The van der Waals surface area contributed by atoms with Gasteiger partial charge in [-0.15, -0.1) is 0 Å². The van der Waals surface area contributed by atoms with Crippen LogP contribution in [0.2, 0.25) is 0 Å². The van der Waals surface area contributed by atoms with E-state index in [4.69, 9.17) is 4.74 Å². The third-order valence-corrected chi connectivity index (χ3v) is 5.32. The van der Waals surface area contributed by atoms with Gasteiger partial charge in [-0.1, -0.05) is 6.92 Å². The lowest BCUT2D eigenvalue weighted by Gasteiger charge is -2.39. The standard InChI is InChI=1S/C14H22N4O4S/c1-4-14(2)10-18(7-8-22-14)13(19)17-12-6-5-11(9-16-12)23(20,21)15-3/h5-6,9,15H,4,7-8,10H2,1-3H3,(H,16,17,19). The normalized spacial score (nSPS) is 22.0. The van der Waals surface area contributed by atoms with Crippen molar-refractivity contribution in [3.63, 3.8) is 0 Å². The van der Waals surface area contributed by atoms with Crippen molar-refractivity contribution in [1.29, 1.82) is 0 Å². The molecular weight excluding hydrogens is 320 g/mol. The van der Waals surface area contributed by atoms with Crippen molar-refractivity contribution >= 4 is 21.9 Å². The molecule has 1 aromatic heterocycles. The number of carbonyl (C=O) groups is 1. The summed E-state index contributed by atoms with van der Waals surface area (Å²) >= 11 is 0. The number of morpholine rings is 1. The lowest BCUT2D eigenvalue weighted by Crippen LogP contribution is -2.53. The summed E-state index contributed by atoms with van der Waals surface area (Å²) in [5, 5.41) is 2.68. The van der Waals surface area contributed by atoms with Crippen LogP contribution in [0.15, 0.2) is 23.2 Å². The Morgan fingerprint density at radius 2 is 2.22 bits per heavy atom. The number of sulfonamides is 1. The van der Waals surface area contributed by atoms with Crippen LogP contribution in [-0.2, 0) is 14.8 Å². The zero-order valence-electron chi connectivity index (χ0n) is 13.5. The van der Waals surface area contributed by atoms with E-state index in [0.29, 0.717) is 25.5 Å². The third kappa shape index (κ3) is 4.18. The van der Waals surface area contributed by atoms with Gasteiger partial charge in [0.25, 0.3) is 0 Å². The van der Waals surface area contributed by atoms with E-state index in [0.717, 1.165) is 6.42 Å². The molecule has 0 aromatic carbocycles. The van der Waals surface area contributed by atoms with Gasteiger partial charge in [-0.2, -0.15) is 0 Å². The predicted octanol–water partition coefficient (Wildman–Crippen LogP) is 1.02. The van der Waals surface area contributed by atoms with Crippen LogP contribution >= 0.6 is 0 Å². The molecule has 2 amide bonds. The van der Waals surface area contributed by atoms with E-state index in [1.165, 1.54) is 25.4 Å². The van der Waals surface area contributed by atoms with Crippen LogP contribution in [0.5, 0.6) is 0 Å². The van der Waals surface area contributed by atoms with Crippen LogP contribution in [0.4, 0.5) is 10.6 Å². The first-order valence-corrected chi connectivity index (χ1v) is 8.87. The minimum Gasteiger partial charge on any atom is -0.372 e. The number of carbonyl (C=O) groups excluding carboxylic acids is 1. The summed E-state index contributed by atoms with van der Waals surface area (Å²) in [5.41, 5.74) is -0.340. The van der Waals surface area contributed by atoms with Gasteiger partial charge in [-0.25, -0.2) is 22.9 Å². The predicted molar refractivity (Wildman–Crippen MR) is 85.7 cm³/mol. The van der Waals surface area contributed by atoms with E-state index in [-0.39, 0.29) is 16.5 Å². The molecule has 2 N–H and O–H groups in total. The topological polar surface area (TPSA) is 101 Å². The maximum Gasteiger partial charge on any atom is 0.323 e. The lowest BCUT2D eigenvalue weighted by molar-refractivity contribution is -0.0860. The fourth-order valence-corrected chi connectivity index (χ4v) is 2.91. The van der Waals surface area contributed by atoms with E-state index in [1.54, 1.807) is 4.90 Å². The van der Waals surface area contributed by atoms with E-state index >= 15 is 0 Å². The SMILES string of the molecule is CCC1(C)CN(C(=O)Nc2ccc(S(=O)(=O)NC)cn2)CCO1. The van der Waals surface area contributed by atoms with Crippen molar-refractivity contribution in [2.75, 3.05) is 32.1 Å². The average molecular weight is 342 g/mol. The second kappa shape index (κ2) is 6.81. The Balaban J connectivity index is 2.03. The molecule has 1 fully saturated rings. The first-order valence-electron chi connectivity index (χ1n) is 7.39. The molecular formula is C14H22N4O4S. The van der Waals surface area contributed by atoms with Crippen LogP contribution in [0.3, 0.4) is 0 Å². The minimum atomic E-state index is -3.53. The highest BCUT2D eigenvalue weighted by molar-refractivity contribution is 7.89. The third-order valence-electron chi connectivity index (χ3n) is 3.92. The molecule has 0 bridgehead atoms. The molecule has 1 atom stereocenters. The number of aromatic nitrogens is 1. The molecule has 0 aliphatic carbocycles. The number of hydrogen-bond acceptors (Lipinski definition) is 5. The van der Waals surface area contributed by atoms with Gasteiger partial charge in [0, 0.05) is 12.7 Å². The number of rotatable bonds is 4. The molecule has 0 spiro atoms. The molecule has 8 nitrogen and oxygen atoms in total. The number of urea groups is 1. The highest BCUT2D eigenvalue weighted by Crippen LogP contribution is 2.21. The Kier molecular flexibility index (Phi) is 5.23. The van der Waals surface area contributed by atoms with Gasteiger partial charge in [0.05, 0.1) is 18.8 Å². The van der Waals surface area contributed by atoms with E-state index in [1.807, 2.05) is 13.8 Å². The van der Waals surface area contributed by atoms with Crippen LogP contribution in [-0.4, -0.2) is 56.7 Å². The first kappa shape index (κ1) is 17.6. The van der Waals surface area contributed by atoms with Gasteiger partial charge < -0.3 is 9.64 Å². The number of anilines is 1. The van der Waals surface area contributed by atoms with Crippen LogP contribution < -0.4 is 10.0 Å². The maximum absolute atomic E-state index is 12.3. The highest BCUT2D eigenvalue weighted by atomic mass is 32.2. The second-order valence-corrected chi connectivity index (χ2v) is 7.48. The summed E-state index contributed by atoms with van der Waals surface area (Å²) < 4.78 is 31.2. The van der Waals surface area contributed by atoms with Gasteiger partial charge in [-0.3, -0.25) is 5.32 Å². The quantitative estimate of drug-likeness (QED) is 0.851. The van der Waals surface area contributed by atoms with Gasteiger partial charge in [0.1, 0.15) is 10.7 Å². The van der Waals surface area contributed by atoms with E-state index < -0.39 is 10.0 Å². The van der Waals surface area contributed by atoms with Crippen molar-refractivity contribution in [3.05, 3.63) is 18.3 Å². The number of amides is 2. The molecule has 2 rings (SSSR count). The van der Waals surface area contributed by atoms with Crippen LogP contribution in [0.1, 0.15) is 20.3 Å². The zero-order valence-corrected chi connectivity index (χ0v) is 14.3. The number of hydrogen-bond donors (Lipinski definition) is 2.